The summed E-state index contributed by atoms with van der Waals surface area (Å²) in [4.78, 5) is 32.7. The van der Waals surface area contributed by atoms with Crippen LogP contribution in [0.4, 0.5) is 10.1 Å². The summed E-state index contributed by atoms with van der Waals surface area (Å²) in [5.41, 5.74) is 1.55. The van der Waals surface area contributed by atoms with Crippen molar-refractivity contribution in [2.45, 2.75) is 66.8 Å². The number of carbonyl (C=O) groups excluding carboxylic acids is 2. The minimum Gasteiger partial charge on any atom is -0.361 e. The van der Waals surface area contributed by atoms with E-state index in [0.717, 1.165) is 32.5 Å². The Morgan fingerprint density at radius 1 is 1.03 bits per heavy atom. The van der Waals surface area contributed by atoms with E-state index in [0.29, 0.717) is 48.9 Å². The van der Waals surface area contributed by atoms with E-state index in [1.807, 2.05) is 20.8 Å². The number of nitrogens with zero attached hydrogens (tertiary/aromatic N) is 4. The Morgan fingerprint density at radius 3 is 2.39 bits per heavy atom. The van der Waals surface area contributed by atoms with Crippen LogP contribution in [0.3, 0.4) is 0 Å². The standard InChI is InChI=1S/C28H41FN4O3/c1-6-24-17-25(30-36-24)28(35)32-13-7-11-31(18-21(4)5)12-8-14-33(27(34)15-20(2)3)26-10-9-23(29)16-22(26)19-32/h9-10,16-17,20-21H,6-8,11-15,18-19H2,1-5H3. The van der Waals surface area contributed by atoms with Gasteiger partial charge in [0.1, 0.15) is 11.6 Å². The van der Waals surface area contributed by atoms with Crippen molar-refractivity contribution < 1.29 is 18.5 Å². The zero-order chi connectivity index (χ0) is 26.2. The lowest BCUT2D eigenvalue weighted by atomic mass is 10.1. The average Bonchev–Trinajstić information content (AvgIpc) is 3.29. The van der Waals surface area contributed by atoms with Crippen molar-refractivity contribution in [3.63, 3.8) is 0 Å². The zero-order valence-corrected chi connectivity index (χ0v) is 22.4. The highest BCUT2D eigenvalue weighted by Gasteiger charge is 2.26. The van der Waals surface area contributed by atoms with Crippen molar-refractivity contribution in [3.05, 3.63) is 47.1 Å². The van der Waals surface area contributed by atoms with Gasteiger partial charge >= 0.3 is 0 Å². The molecule has 2 heterocycles. The maximum absolute atomic E-state index is 14.4. The number of rotatable bonds is 6. The molecule has 7 nitrogen and oxygen atoms in total. The average molecular weight is 501 g/mol. The van der Waals surface area contributed by atoms with Crippen LogP contribution >= 0.6 is 0 Å². The van der Waals surface area contributed by atoms with E-state index in [-0.39, 0.29) is 35.8 Å². The van der Waals surface area contributed by atoms with E-state index in [1.165, 1.54) is 12.1 Å². The molecule has 0 saturated heterocycles. The lowest BCUT2D eigenvalue weighted by Gasteiger charge is -2.32. The molecule has 0 atom stereocenters. The van der Waals surface area contributed by atoms with Crippen LogP contribution in [0.15, 0.2) is 28.8 Å². The topological polar surface area (TPSA) is 69.9 Å². The molecule has 1 aliphatic rings. The second-order valence-corrected chi connectivity index (χ2v) is 10.6. The summed E-state index contributed by atoms with van der Waals surface area (Å²) in [5.74, 6) is 0.752. The predicted molar refractivity (Wildman–Crippen MR) is 139 cm³/mol. The summed E-state index contributed by atoms with van der Waals surface area (Å²) < 4.78 is 19.7. The molecule has 0 unspecified atom stereocenters. The lowest BCUT2D eigenvalue weighted by Crippen LogP contribution is -2.40. The van der Waals surface area contributed by atoms with Crippen molar-refractivity contribution in [3.8, 4) is 0 Å². The van der Waals surface area contributed by atoms with Gasteiger partial charge in [-0.3, -0.25) is 9.59 Å². The highest BCUT2D eigenvalue weighted by atomic mass is 19.1. The number of halogens is 1. The first-order valence-corrected chi connectivity index (χ1v) is 13.2. The number of amides is 2. The Bertz CT molecular complexity index is 1020. The van der Waals surface area contributed by atoms with E-state index in [2.05, 4.69) is 23.9 Å². The fourth-order valence-electron chi connectivity index (χ4n) is 4.73. The largest absolute Gasteiger partial charge is 0.361 e. The number of hydrogen-bond donors (Lipinski definition) is 0. The number of fused-ring (bicyclic) bond motifs is 1. The molecule has 2 amide bonds. The van der Waals surface area contributed by atoms with Crippen molar-refractivity contribution in [2.24, 2.45) is 11.8 Å². The van der Waals surface area contributed by atoms with Crippen LogP contribution < -0.4 is 4.90 Å². The molecule has 1 aliphatic heterocycles. The number of hydrogen-bond acceptors (Lipinski definition) is 5. The molecule has 198 valence electrons. The third kappa shape index (κ3) is 7.63. The molecule has 36 heavy (non-hydrogen) atoms. The van der Waals surface area contributed by atoms with Gasteiger partial charge in [-0.05, 0) is 61.5 Å². The molecule has 2 aromatic rings. The van der Waals surface area contributed by atoms with Crippen LogP contribution in [-0.2, 0) is 17.8 Å². The Labute approximate surface area is 214 Å². The van der Waals surface area contributed by atoms with E-state index in [4.69, 9.17) is 4.52 Å². The van der Waals surface area contributed by atoms with Crippen molar-refractivity contribution >= 4 is 17.5 Å². The second-order valence-electron chi connectivity index (χ2n) is 10.6. The maximum Gasteiger partial charge on any atom is 0.276 e. The van der Waals surface area contributed by atoms with Crippen LogP contribution in [0.1, 0.15) is 75.7 Å². The fourth-order valence-corrected chi connectivity index (χ4v) is 4.73. The quantitative estimate of drug-likeness (QED) is 0.549. The Kier molecular flexibility index (Phi) is 10.0. The molecular weight excluding hydrogens is 459 g/mol. The van der Waals surface area contributed by atoms with Crippen molar-refractivity contribution in [1.29, 1.82) is 0 Å². The SMILES string of the molecule is CCc1cc(C(=O)N2CCCN(CC(C)C)CCCN(C(=O)CC(C)C)c3ccc(F)cc3C2)no1. The summed E-state index contributed by atoms with van der Waals surface area (Å²) in [6.45, 7) is 14.3. The van der Waals surface area contributed by atoms with Crippen molar-refractivity contribution in [1.82, 2.24) is 15.0 Å². The number of anilines is 1. The minimum atomic E-state index is -0.387. The molecule has 0 saturated carbocycles. The molecule has 0 aliphatic carbocycles. The number of carbonyl (C=O) groups is 2. The molecule has 0 N–H and O–H groups in total. The molecule has 0 spiro atoms. The van der Waals surface area contributed by atoms with Crippen LogP contribution in [-0.4, -0.2) is 59.5 Å². The second kappa shape index (κ2) is 13.0. The van der Waals surface area contributed by atoms with Gasteiger partial charge in [-0.15, -0.1) is 0 Å². The fraction of sp³-hybridized carbons (Fsp3) is 0.607. The van der Waals surface area contributed by atoms with Gasteiger partial charge in [-0.2, -0.15) is 0 Å². The predicted octanol–water partition coefficient (Wildman–Crippen LogP) is 5.15. The molecule has 0 fully saturated rings. The maximum atomic E-state index is 14.4. The van der Waals surface area contributed by atoms with E-state index < -0.39 is 0 Å². The van der Waals surface area contributed by atoms with Crippen LogP contribution in [0, 0.1) is 17.7 Å². The normalized spacial score (nSPS) is 16.1. The van der Waals surface area contributed by atoms with Crippen LogP contribution in [0.25, 0.3) is 0 Å². The van der Waals surface area contributed by atoms with E-state index in [1.54, 1.807) is 21.9 Å². The molecule has 0 bridgehead atoms. The van der Waals surface area contributed by atoms with Gasteiger partial charge in [0, 0.05) is 50.8 Å². The van der Waals surface area contributed by atoms with Gasteiger partial charge in [-0.1, -0.05) is 39.8 Å². The molecule has 8 heteroatoms. The van der Waals surface area contributed by atoms with Crippen LogP contribution in [0.2, 0.25) is 0 Å². The summed E-state index contributed by atoms with van der Waals surface area (Å²) in [6.07, 6.45) is 2.67. The smallest absolute Gasteiger partial charge is 0.276 e. The first-order valence-electron chi connectivity index (χ1n) is 13.2. The lowest BCUT2D eigenvalue weighted by molar-refractivity contribution is -0.119. The highest BCUT2D eigenvalue weighted by molar-refractivity contribution is 5.95. The van der Waals surface area contributed by atoms with Gasteiger partial charge in [-0.25, -0.2) is 4.39 Å². The molecule has 0 radical (unpaired) electrons. The zero-order valence-electron chi connectivity index (χ0n) is 22.4. The Hall–Kier alpha value is -2.74. The molecule has 3 rings (SSSR count). The van der Waals surface area contributed by atoms with Gasteiger partial charge in [0.05, 0.1) is 0 Å². The summed E-state index contributed by atoms with van der Waals surface area (Å²) in [5, 5.41) is 3.98. The number of benzene rings is 1. The monoisotopic (exact) mass is 500 g/mol. The molecule has 1 aromatic heterocycles. The Morgan fingerprint density at radius 2 is 1.75 bits per heavy atom. The minimum absolute atomic E-state index is 0.0206. The Balaban J connectivity index is 1.99. The number of aromatic nitrogens is 1. The highest BCUT2D eigenvalue weighted by Crippen LogP contribution is 2.27. The molecular formula is C28H41FN4O3. The first-order chi connectivity index (χ1) is 17.2. The van der Waals surface area contributed by atoms with Crippen LogP contribution in [0.5, 0.6) is 0 Å². The van der Waals surface area contributed by atoms with Gasteiger partial charge in [0.15, 0.2) is 5.69 Å². The van der Waals surface area contributed by atoms with E-state index >= 15 is 0 Å². The summed E-state index contributed by atoms with van der Waals surface area (Å²) in [6, 6.07) is 6.19. The van der Waals surface area contributed by atoms with Gasteiger partial charge in [0.2, 0.25) is 5.91 Å². The first kappa shape index (κ1) is 27.8. The van der Waals surface area contributed by atoms with E-state index in [9.17, 15) is 14.0 Å². The van der Waals surface area contributed by atoms with Crippen molar-refractivity contribution in [2.75, 3.05) is 37.6 Å². The van der Waals surface area contributed by atoms with Gasteiger partial charge < -0.3 is 19.2 Å². The molecule has 1 aromatic carbocycles. The number of aryl methyl sites for hydroxylation is 1. The summed E-state index contributed by atoms with van der Waals surface area (Å²) >= 11 is 0. The van der Waals surface area contributed by atoms with Gasteiger partial charge in [0.25, 0.3) is 5.91 Å². The third-order valence-electron chi connectivity index (χ3n) is 6.37. The summed E-state index contributed by atoms with van der Waals surface area (Å²) in [7, 11) is 0. The third-order valence-corrected chi connectivity index (χ3v) is 6.37.